The Labute approximate surface area is 102 Å². The molecule has 17 heavy (non-hydrogen) atoms. The van der Waals surface area contributed by atoms with Crippen LogP contribution in [-0.2, 0) is 19.1 Å². The van der Waals surface area contributed by atoms with Gasteiger partial charge in [-0.05, 0) is 20.8 Å². The van der Waals surface area contributed by atoms with E-state index in [9.17, 15) is 9.59 Å². The highest BCUT2D eigenvalue weighted by atomic mass is 16.5. The highest BCUT2D eigenvalue weighted by molar-refractivity contribution is 6.09. The largest absolute Gasteiger partial charge is 0.469 e. The molecule has 96 valence electrons. The number of hydrogen-bond acceptors (Lipinski definition) is 5. The van der Waals surface area contributed by atoms with Crippen molar-refractivity contribution in [2.45, 2.75) is 32.7 Å². The zero-order chi connectivity index (χ0) is 13.5. The number of carbonyl (C=O) groups excluding carboxylic acids is 2. The molecule has 0 aromatic rings. The first kappa shape index (κ1) is 15.3. The van der Waals surface area contributed by atoms with Gasteiger partial charge >= 0.3 is 11.9 Å². The first-order valence-electron chi connectivity index (χ1n) is 5.20. The third kappa shape index (κ3) is 7.27. The Morgan fingerprint density at radius 2 is 1.76 bits per heavy atom. The van der Waals surface area contributed by atoms with Crippen molar-refractivity contribution in [2.75, 3.05) is 14.2 Å². The van der Waals surface area contributed by atoms with E-state index in [0.29, 0.717) is 0 Å². The van der Waals surface area contributed by atoms with Gasteiger partial charge in [-0.3, -0.25) is 9.79 Å². The Balaban J connectivity index is 4.83. The monoisotopic (exact) mass is 241 g/mol. The van der Waals surface area contributed by atoms with E-state index in [1.807, 2.05) is 20.8 Å². The molecule has 0 bridgehead atoms. The Bertz CT molecular complexity index is 337. The van der Waals surface area contributed by atoms with Crippen LogP contribution in [0.15, 0.2) is 16.6 Å². The molecule has 0 amide bonds. The van der Waals surface area contributed by atoms with E-state index in [0.717, 1.165) is 0 Å². The summed E-state index contributed by atoms with van der Waals surface area (Å²) in [4.78, 5) is 26.5. The fourth-order valence-corrected chi connectivity index (χ4v) is 0.846. The van der Waals surface area contributed by atoms with Gasteiger partial charge in [0.15, 0.2) is 0 Å². The van der Waals surface area contributed by atoms with Crippen LogP contribution in [0.4, 0.5) is 0 Å². The lowest BCUT2D eigenvalue weighted by Gasteiger charge is -2.11. The van der Waals surface area contributed by atoms with Crippen molar-refractivity contribution in [2.24, 2.45) is 4.99 Å². The molecule has 0 aromatic carbocycles. The highest BCUT2D eigenvalue weighted by Crippen LogP contribution is 2.07. The van der Waals surface area contributed by atoms with Crippen LogP contribution in [0.2, 0.25) is 0 Å². The topological polar surface area (TPSA) is 65.0 Å². The van der Waals surface area contributed by atoms with E-state index in [4.69, 9.17) is 0 Å². The number of rotatable bonds is 4. The molecule has 0 aliphatic heterocycles. The van der Waals surface area contributed by atoms with Crippen LogP contribution >= 0.6 is 0 Å². The van der Waals surface area contributed by atoms with Gasteiger partial charge in [-0.1, -0.05) is 6.08 Å². The number of nitrogens with zero attached hydrogens (tertiary/aromatic N) is 1. The van der Waals surface area contributed by atoms with Crippen molar-refractivity contribution in [3.8, 4) is 0 Å². The summed E-state index contributed by atoms with van der Waals surface area (Å²) in [5.74, 6) is -0.947. The first-order valence-corrected chi connectivity index (χ1v) is 5.20. The van der Waals surface area contributed by atoms with E-state index in [2.05, 4.69) is 14.5 Å². The molecule has 0 fully saturated rings. The summed E-state index contributed by atoms with van der Waals surface area (Å²) >= 11 is 0. The lowest BCUT2D eigenvalue weighted by Crippen LogP contribution is -2.13. The van der Waals surface area contributed by atoms with Crippen molar-refractivity contribution in [1.82, 2.24) is 0 Å². The minimum Gasteiger partial charge on any atom is -0.469 e. The Hall–Kier alpha value is -1.65. The van der Waals surface area contributed by atoms with Crippen LogP contribution in [0, 0.1) is 0 Å². The fourth-order valence-electron chi connectivity index (χ4n) is 0.846. The number of carbonyl (C=O) groups is 2. The lowest BCUT2D eigenvalue weighted by atomic mass is 10.1. The molecule has 0 atom stereocenters. The Morgan fingerprint density at radius 3 is 2.18 bits per heavy atom. The first-order chi connectivity index (χ1) is 7.80. The number of ether oxygens (including phenoxy) is 2. The van der Waals surface area contributed by atoms with Crippen LogP contribution in [0.1, 0.15) is 27.2 Å². The van der Waals surface area contributed by atoms with E-state index >= 15 is 0 Å². The van der Waals surface area contributed by atoms with Gasteiger partial charge in [-0.15, -0.1) is 0 Å². The minimum absolute atomic E-state index is 0.0110. The molecule has 0 saturated carbocycles. The van der Waals surface area contributed by atoms with Crippen molar-refractivity contribution < 1.29 is 19.1 Å². The molecule has 0 aromatic heterocycles. The summed E-state index contributed by atoms with van der Waals surface area (Å²) in [6.07, 6.45) is 2.86. The van der Waals surface area contributed by atoms with Crippen LogP contribution in [-0.4, -0.2) is 37.9 Å². The molecule has 5 heteroatoms. The minimum atomic E-state index is -0.526. The average molecular weight is 241 g/mol. The van der Waals surface area contributed by atoms with Crippen LogP contribution in [0.25, 0.3) is 0 Å². The van der Waals surface area contributed by atoms with Gasteiger partial charge in [0.1, 0.15) is 0 Å². The molecule has 0 spiro atoms. The van der Waals surface area contributed by atoms with Crippen molar-refractivity contribution in [3.05, 3.63) is 11.6 Å². The predicted molar refractivity (Wildman–Crippen MR) is 65.0 cm³/mol. The number of methoxy groups -OCH3 is 2. The fraction of sp³-hybridized carbons (Fsp3) is 0.583. The summed E-state index contributed by atoms with van der Waals surface area (Å²) in [5, 5.41) is 0. The van der Waals surface area contributed by atoms with Crippen molar-refractivity contribution in [1.29, 1.82) is 0 Å². The van der Waals surface area contributed by atoms with Gasteiger partial charge < -0.3 is 9.47 Å². The highest BCUT2D eigenvalue weighted by Gasteiger charge is 2.11. The predicted octanol–water partition coefficient (Wildman–Crippen LogP) is 1.52. The number of hydrogen-bond donors (Lipinski definition) is 0. The molecule has 0 aliphatic carbocycles. The molecule has 0 saturated heterocycles. The van der Waals surface area contributed by atoms with Crippen LogP contribution in [0.5, 0.6) is 0 Å². The lowest BCUT2D eigenvalue weighted by molar-refractivity contribution is -0.139. The third-order valence-electron chi connectivity index (χ3n) is 1.73. The molecule has 5 nitrogen and oxygen atoms in total. The Morgan fingerprint density at radius 1 is 1.18 bits per heavy atom. The van der Waals surface area contributed by atoms with E-state index in [1.165, 1.54) is 26.5 Å². The average Bonchev–Trinajstić information content (AvgIpc) is 2.26. The second-order valence-electron chi connectivity index (χ2n) is 4.36. The van der Waals surface area contributed by atoms with Crippen molar-refractivity contribution >= 4 is 18.2 Å². The maximum atomic E-state index is 11.4. The summed E-state index contributed by atoms with van der Waals surface area (Å²) in [5.41, 5.74) is -0.0499. The zero-order valence-electron chi connectivity index (χ0n) is 10.9. The summed E-state index contributed by atoms with van der Waals surface area (Å²) in [6, 6.07) is 0. The second-order valence-corrected chi connectivity index (χ2v) is 4.36. The summed E-state index contributed by atoms with van der Waals surface area (Å²) in [6.45, 7) is 5.70. The van der Waals surface area contributed by atoms with Gasteiger partial charge in [-0.25, -0.2) is 4.79 Å². The van der Waals surface area contributed by atoms with Gasteiger partial charge in [0.2, 0.25) is 0 Å². The van der Waals surface area contributed by atoms with Gasteiger partial charge in [0.05, 0.1) is 31.8 Å². The standard InChI is InChI=1S/C12H19NO4/c1-12(2,3)13-8-9(11(15)17-5)6-7-10(14)16-4/h6,8H,7H2,1-5H3. The normalized spacial score (nSPS) is 12.6. The van der Waals surface area contributed by atoms with Crippen LogP contribution < -0.4 is 0 Å². The molecule has 0 rings (SSSR count). The second kappa shape index (κ2) is 6.83. The third-order valence-corrected chi connectivity index (χ3v) is 1.73. The maximum Gasteiger partial charge on any atom is 0.339 e. The zero-order valence-corrected chi connectivity index (χ0v) is 10.9. The molecule has 0 unspecified atom stereocenters. The van der Waals surface area contributed by atoms with Crippen LogP contribution in [0.3, 0.4) is 0 Å². The molecular weight excluding hydrogens is 222 g/mol. The van der Waals surface area contributed by atoms with Crippen molar-refractivity contribution in [3.63, 3.8) is 0 Å². The molecule has 0 heterocycles. The molecular formula is C12H19NO4. The molecule has 0 radical (unpaired) electrons. The summed E-state index contributed by atoms with van der Waals surface area (Å²) < 4.78 is 9.07. The van der Waals surface area contributed by atoms with E-state index in [1.54, 1.807) is 0 Å². The quantitative estimate of drug-likeness (QED) is 0.425. The smallest absolute Gasteiger partial charge is 0.339 e. The molecule has 0 aliphatic rings. The molecule has 0 N–H and O–H groups in total. The number of aliphatic imine (C=N–C) groups is 1. The van der Waals surface area contributed by atoms with E-state index in [-0.39, 0.29) is 17.5 Å². The Kier molecular flexibility index (Phi) is 6.17. The maximum absolute atomic E-state index is 11.4. The SMILES string of the molecule is COC(=O)CC=C(C=NC(C)(C)C)C(=O)OC. The van der Waals surface area contributed by atoms with Gasteiger partial charge in [0.25, 0.3) is 0 Å². The summed E-state index contributed by atoms with van der Waals surface area (Å²) in [7, 11) is 2.57. The van der Waals surface area contributed by atoms with Gasteiger partial charge in [0, 0.05) is 6.21 Å². The van der Waals surface area contributed by atoms with Gasteiger partial charge in [-0.2, -0.15) is 0 Å². The van der Waals surface area contributed by atoms with E-state index < -0.39 is 11.9 Å². The number of esters is 2.